The molecule has 6 N–H and O–H groups in total. The molecule has 3 aliphatic heterocycles. The van der Waals surface area contributed by atoms with E-state index in [-0.39, 0.29) is 37.1 Å². The number of aliphatic hydroxyl groups excluding tert-OH is 3. The van der Waals surface area contributed by atoms with Gasteiger partial charge >= 0.3 is 0 Å². The van der Waals surface area contributed by atoms with Gasteiger partial charge in [-0.1, -0.05) is 188 Å². The maximum Gasteiger partial charge on any atom is 0.116 e. The molecule has 3 saturated heterocycles. The predicted molar refractivity (Wildman–Crippen MR) is 408 cm³/mol. The third kappa shape index (κ3) is 18.7. The van der Waals surface area contributed by atoms with Crippen molar-refractivity contribution < 1.29 is 30.6 Å². The van der Waals surface area contributed by atoms with Gasteiger partial charge in [-0.25, -0.2) is 0 Å². The molecule has 2 saturated carbocycles. The minimum absolute atomic E-state index is 0.148. The van der Waals surface area contributed by atoms with Gasteiger partial charge in [0.2, 0.25) is 0 Å². The highest BCUT2D eigenvalue weighted by Crippen LogP contribution is 2.42. The summed E-state index contributed by atoms with van der Waals surface area (Å²) in [6, 6.07) is 82.4. The van der Waals surface area contributed by atoms with Crippen LogP contribution in [0.15, 0.2) is 237 Å². The Morgan fingerprint density at radius 2 is 0.667 bits per heavy atom. The zero-order chi connectivity index (χ0) is 68.3. The SMILES string of the molecule is CN1CCC(c2ccc(/C(=C(/CCCO)c3ccccc3)c3cccc(O)c3)cc2)CC1.OCCC/C(=C(/c1ccc(C2CCN(C3CC3)C2)cc1)c1cccc(O)c1)c1ccccc1.OCCC/C(=C(/c1ccc(N2CCN(C3CC3)CC2)cc1)c1cccc(O)c1)c1ccccc1. The molecule has 0 amide bonds. The van der Waals surface area contributed by atoms with Crippen LogP contribution < -0.4 is 4.90 Å². The topological polar surface area (TPSA) is 134 Å². The molecule has 1 atom stereocenters. The van der Waals surface area contributed by atoms with Crippen LogP contribution in [-0.4, -0.2) is 137 Å². The van der Waals surface area contributed by atoms with Crippen molar-refractivity contribution in [2.24, 2.45) is 0 Å². The first-order chi connectivity index (χ1) is 48.6. The van der Waals surface area contributed by atoms with E-state index in [4.69, 9.17) is 0 Å². The number of aliphatic hydroxyl groups is 3. The van der Waals surface area contributed by atoms with Gasteiger partial charge in [0.25, 0.3) is 0 Å². The summed E-state index contributed by atoms with van der Waals surface area (Å²) < 4.78 is 0. The number of benzene rings is 9. The normalized spacial score (nSPS) is 17.7. The number of phenols is 3. The minimum Gasteiger partial charge on any atom is -0.508 e. The van der Waals surface area contributed by atoms with Crippen LogP contribution >= 0.6 is 0 Å². The van der Waals surface area contributed by atoms with Crippen LogP contribution in [0.4, 0.5) is 5.69 Å². The molecule has 0 aromatic heterocycles. The first-order valence-corrected chi connectivity index (χ1v) is 36.4. The maximum absolute atomic E-state index is 10.2. The van der Waals surface area contributed by atoms with Crippen molar-refractivity contribution >= 4 is 39.1 Å². The van der Waals surface area contributed by atoms with Crippen LogP contribution in [0, 0.1) is 0 Å². The summed E-state index contributed by atoms with van der Waals surface area (Å²) in [5.74, 6) is 2.03. The van der Waals surface area contributed by atoms with Crippen LogP contribution in [-0.2, 0) is 0 Å². The van der Waals surface area contributed by atoms with Crippen LogP contribution in [0.25, 0.3) is 33.4 Å². The van der Waals surface area contributed by atoms with Gasteiger partial charge < -0.3 is 40.4 Å². The standard InChI is InChI=1S/C30H34N2O2.C30H33NO2.C29H33NO2/c33-21-5-10-29(23-6-2-1-3-7-23)30(25-8-4-9-28(34)22-25)24-11-13-26(14-12-24)31-17-19-32(20-18-31)27-15-16-27;32-19-5-10-29(23-6-2-1-3-7-23)30(25-8-4-9-28(33)20-25)24-13-11-22(12-14-24)26-17-18-31(21-26)27-15-16-27;1-30-18-16-23(17-19-30)22-12-14-25(15-13-22)29(26-9-5-10-27(32)21-26)28(11-6-20-31)24-7-3-2-4-8-24/h1-4,6-9,11-14,22,27,33-34H,5,10,15-21H2;1-4,6-9,11-14,20,26-27,32-33H,5,10,15-19,21H2;2-5,7-10,12-15,21,23,31-32H,6,11,16-20H2,1H3/b2*30-29+;29-28+. The summed E-state index contributed by atoms with van der Waals surface area (Å²) in [6.45, 7) is 9.64. The van der Waals surface area contributed by atoms with Crippen molar-refractivity contribution in [3.8, 4) is 17.2 Å². The van der Waals surface area contributed by atoms with Gasteiger partial charge in [0.1, 0.15) is 17.2 Å². The molecule has 3 heterocycles. The summed E-state index contributed by atoms with van der Waals surface area (Å²) in [5.41, 5.74) is 20.9. The summed E-state index contributed by atoms with van der Waals surface area (Å²) in [7, 11) is 2.20. The number of likely N-dealkylation sites (tertiary alicyclic amines) is 2. The van der Waals surface area contributed by atoms with E-state index >= 15 is 0 Å². The van der Waals surface area contributed by atoms with Gasteiger partial charge in [0.15, 0.2) is 0 Å². The Morgan fingerprint density at radius 3 is 1.03 bits per heavy atom. The summed E-state index contributed by atoms with van der Waals surface area (Å²) >= 11 is 0. The van der Waals surface area contributed by atoms with Crippen LogP contribution in [0.3, 0.4) is 0 Å². The highest BCUT2D eigenvalue weighted by molar-refractivity contribution is 6.01. The van der Waals surface area contributed by atoms with Gasteiger partial charge in [0.05, 0.1) is 0 Å². The molecule has 10 nitrogen and oxygen atoms in total. The molecule has 0 bridgehead atoms. The number of rotatable bonds is 23. The van der Waals surface area contributed by atoms with E-state index < -0.39 is 0 Å². The molecule has 512 valence electrons. The van der Waals surface area contributed by atoms with E-state index in [1.807, 2.05) is 54.6 Å². The van der Waals surface area contributed by atoms with E-state index in [0.29, 0.717) is 31.1 Å². The van der Waals surface area contributed by atoms with Gasteiger partial charge in [0, 0.05) is 70.3 Å². The van der Waals surface area contributed by atoms with Crippen molar-refractivity contribution in [2.75, 3.05) is 84.1 Å². The third-order valence-electron chi connectivity index (χ3n) is 20.7. The number of aromatic hydroxyl groups is 3. The molecule has 0 radical (unpaired) electrons. The average molecular weight is 1320 g/mol. The molecule has 1 unspecified atom stereocenters. The third-order valence-corrected chi connectivity index (χ3v) is 20.7. The number of piperidine rings is 1. The van der Waals surface area contributed by atoms with Crippen molar-refractivity contribution in [1.82, 2.24) is 14.7 Å². The Hall–Kier alpha value is -8.84. The number of hydrogen-bond donors (Lipinski definition) is 6. The monoisotopic (exact) mass is 1320 g/mol. The second kappa shape index (κ2) is 34.8. The van der Waals surface area contributed by atoms with Crippen molar-refractivity contribution in [3.05, 3.63) is 298 Å². The molecular formula is C89H100N4O6. The fourth-order valence-corrected chi connectivity index (χ4v) is 15.1. The molecule has 9 aromatic rings. The Balaban J connectivity index is 0.000000141. The first kappa shape index (κ1) is 70.0. The zero-order valence-corrected chi connectivity index (χ0v) is 57.8. The zero-order valence-electron chi connectivity index (χ0n) is 57.8. The fourth-order valence-electron chi connectivity index (χ4n) is 15.1. The smallest absolute Gasteiger partial charge is 0.116 e. The second-order valence-electron chi connectivity index (χ2n) is 27.6. The number of hydrogen-bond acceptors (Lipinski definition) is 10. The molecule has 14 rings (SSSR count). The Morgan fingerprint density at radius 1 is 0.323 bits per heavy atom. The highest BCUT2D eigenvalue weighted by atomic mass is 16.3. The summed E-state index contributed by atoms with van der Waals surface area (Å²) in [4.78, 5) is 10.2. The molecule has 0 spiro atoms. The van der Waals surface area contributed by atoms with E-state index in [9.17, 15) is 30.6 Å². The lowest BCUT2D eigenvalue weighted by atomic mass is 9.85. The van der Waals surface area contributed by atoms with Gasteiger partial charge in [-0.05, 0) is 265 Å². The molecule has 5 aliphatic rings. The first-order valence-electron chi connectivity index (χ1n) is 36.4. The number of anilines is 1. The van der Waals surface area contributed by atoms with Gasteiger partial charge in [-0.2, -0.15) is 0 Å². The van der Waals surface area contributed by atoms with Gasteiger partial charge in [-0.15, -0.1) is 0 Å². The largest absolute Gasteiger partial charge is 0.508 e. The van der Waals surface area contributed by atoms with Gasteiger partial charge in [-0.3, -0.25) is 9.80 Å². The molecular weight excluding hydrogens is 1220 g/mol. The number of allylic oxidation sites excluding steroid dienone is 3. The summed E-state index contributed by atoms with van der Waals surface area (Å²) in [5, 5.41) is 59.4. The predicted octanol–water partition coefficient (Wildman–Crippen LogP) is 17.4. The van der Waals surface area contributed by atoms with Crippen molar-refractivity contribution in [1.29, 1.82) is 0 Å². The van der Waals surface area contributed by atoms with E-state index in [2.05, 4.69) is 190 Å². The molecule has 9 aromatic carbocycles. The van der Waals surface area contributed by atoms with Crippen LogP contribution in [0.2, 0.25) is 0 Å². The maximum atomic E-state index is 10.2. The quantitative estimate of drug-likeness (QED) is 0.0344. The molecule has 10 heteroatoms. The average Bonchev–Trinajstić information content (AvgIpc) is 1.69. The Bertz CT molecular complexity index is 4090. The van der Waals surface area contributed by atoms with Crippen molar-refractivity contribution in [3.63, 3.8) is 0 Å². The van der Waals surface area contributed by atoms with E-state index in [0.717, 1.165) is 137 Å². The molecule has 99 heavy (non-hydrogen) atoms. The Labute approximate surface area is 587 Å². The lowest BCUT2D eigenvalue weighted by molar-refractivity contribution is 0.248. The van der Waals surface area contributed by atoms with Crippen LogP contribution in [0.5, 0.6) is 17.2 Å². The lowest BCUT2D eigenvalue weighted by Gasteiger charge is -2.36. The lowest BCUT2D eigenvalue weighted by Crippen LogP contribution is -2.47. The fraction of sp³-hybridized carbons (Fsp3) is 0.326. The minimum atomic E-state index is 0.148. The number of piperazine rings is 1. The Kier molecular flexibility index (Phi) is 24.6. The highest BCUT2D eigenvalue weighted by Gasteiger charge is 2.35. The second-order valence-corrected chi connectivity index (χ2v) is 27.6. The number of phenolic OH excluding ortho intramolecular Hbond substituents is 3. The summed E-state index contributed by atoms with van der Waals surface area (Å²) in [6.07, 6.45) is 13.5. The number of nitrogens with zero attached hydrogens (tertiary/aromatic N) is 4. The molecule has 2 aliphatic carbocycles. The van der Waals surface area contributed by atoms with E-state index in [1.165, 1.54) is 91.6 Å². The van der Waals surface area contributed by atoms with Crippen LogP contribution in [0.1, 0.15) is 157 Å². The molecule has 5 fully saturated rings. The van der Waals surface area contributed by atoms with Crippen molar-refractivity contribution in [2.45, 2.75) is 107 Å². The van der Waals surface area contributed by atoms with E-state index in [1.54, 1.807) is 18.2 Å².